The zero-order valence-electron chi connectivity index (χ0n) is 19.5. The fourth-order valence-electron chi connectivity index (χ4n) is 4.12. The fourth-order valence-corrected chi connectivity index (χ4v) is 5.22. The molecule has 0 fully saturated rings. The topological polar surface area (TPSA) is 71.2 Å². The highest BCUT2D eigenvalue weighted by Crippen LogP contribution is 2.33. The number of rotatable bonds is 10. The van der Waals surface area contributed by atoms with Crippen molar-refractivity contribution in [3.63, 3.8) is 0 Å². The number of aromatic carboxylic acids is 1. The molecule has 0 atom stereocenters. The molecule has 0 aliphatic carbocycles. The maximum Gasteiger partial charge on any atom is 0.356 e. The third kappa shape index (κ3) is 5.71. The minimum atomic E-state index is -1.00. The van der Waals surface area contributed by atoms with Crippen LogP contribution in [-0.4, -0.2) is 38.9 Å². The molecule has 1 aromatic carbocycles. The molecule has 33 heavy (non-hydrogen) atoms. The van der Waals surface area contributed by atoms with Crippen molar-refractivity contribution in [3.8, 4) is 0 Å². The van der Waals surface area contributed by atoms with Crippen LogP contribution in [0, 0.1) is 6.92 Å². The molecule has 0 saturated carbocycles. The zero-order valence-corrected chi connectivity index (χ0v) is 20.3. The Morgan fingerprint density at radius 2 is 2.09 bits per heavy atom. The van der Waals surface area contributed by atoms with Gasteiger partial charge < -0.3 is 10.0 Å². The Hall–Kier alpha value is -2.93. The summed E-state index contributed by atoms with van der Waals surface area (Å²) >= 11 is 1.73. The molecule has 1 N–H and O–H groups in total. The lowest BCUT2D eigenvalue weighted by atomic mass is 10.1. The first kappa shape index (κ1) is 23.2. The first-order chi connectivity index (χ1) is 16.0. The first-order valence-corrected chi connectivity index (χ1v) is 12.6. The molecule has 3 heterocycles. The van der Waals surface area contributed by atoms with Crippen LogP contribution in [0.2, 0.25) is 0 Å². The van der Waals surface area contributed by atoms with Gasteiger partial charge in [0.1, 0.15) is 0 Å². The second-order valence-corrected chi connectivity index (χ2v) is 9.62. The number of benzene rings is 1. The van der Waals surface area contributed by atoms with Crippen molar-refractivity contribution < 1.29 is 9.90 Å². The van der Waals surface area contributed by atoms with E-state index in [-0.39, 0.29) is 5.69 Å². The van der Waals surface area contributed by atoms with Crippen LogP contribution in [0.5, 0.6) is 0 Å². The van der Waals surface area contributed by atoms with Gasteiger partial charge in [0.2, 0.25) is 0 Å². The van der Waals surface area contributed by atoms with E-state index in [0.717, 1.165) is 58.1 Å². The van der Waals surface area contributed by atoms with Gasteiger partial charge in [-0.2, -0.15) is 5.10 Å². The van der Waals surface area contributed by atoms with Gasteiger partial charge in [0.25, 0.3) is 0 Å². The van der Waals surface area contributed by atoms with E-state index in [2.05, 4.69) is 53.4 Å². The lowest BCUT2D eigenvalue weighted by Gasteiger charge is -2.22. The second-order valence-electron chi connectivity index (χ2n) is 8.61. The van der Waals surface area contributed by atoms with Gasteiger partial charge in [-0.15, -0.1) is 0 Å². The second kappa shape index (κ2) is 10.8. The average molecular weight is 465 g/mol. The first-order valence-electron chi connectivity index (χ1n) is 11.8. The van der Waals surface area contributed by atoms with Gasteiger partial charge in [-0.05, 0) is 49.9 Å². The zero-order chi connectivity index (χ0) is 23.2. The number of anilines is 1. The number of aryl methyl sites for hydroxylation is 1. The maximum atomic E-state index is 11.4. The fraction of sp³-hybridized carbons (Fsp3) is 0.423. The van der Waals surface area contributed by atoms with Gasteiger partial charge in [-0.1, -0.05) is 61.8 Å². The molecule has 1 aliphatic rings. The van der Waals surface area contributed by atoms with E-state index < -0.39 is 5.97 Å². The number of fused-ring (bicyclic) bond motifs is 1. The molecule has 2 aromatic heterocycles. The number of allylic oxidation sites excluding steroid dienone is 1. The van der Waals surface area contributed by atoms with Crippen LogP contribution >= 0.6 is 11.3 Å². The minimum absolute atomic E-state index is 0.0749. The van der Waals surface area contributed by atoms with Gasteiger partial charge in [-0.3, -0.25) is 4.68 Å². The monoisotopic (exact) mass is 464 g/mol. The third-order valence-electron chi connectivity index (χ3n) is 5.97. The van der Waals surface area contributed by atoms with Crippen LogP contribution in [0.3, 0.4) is 0 Å². The van der Waals surface area contributed by atoms with E-state index in [1.54, 1.807) is 22.1 Å². The van der Waals surface area contributed by atoms with Crippen LogP contribution in [0.1, 0.15) is 72.8 Å². The number of hydrogen-bond acceptors (Lipinski definition) is 5. The summed E-state index contributed by atoms with van der Waals surface area (Å²) in [4.78, 5) is 18.7. The molecule has 4 rings (SSSR count). The van der Waals surface area contributed by atoms with Gasteiger partial charge in [0.05, 0.1) is 16.8 Å². The van der Waals surface area contributed by atoms with Crippen LogP contribution < -0.4 is 4.90 Å². The van der Waals surface area contributed by atoms with Crippen molar-refractivity contribution in [2.45, 2.75) is 58.9 Å². The van der Waals surface area contributed by atoms with Gasteiger partial charge in [0.15, 0.2) is 10.8 Å². The average Bonchev–Trinajstić information content (AvgIpc) is 3.41. The highest BCUT2D eigenvalue weighted by atomic mass is 32.1. The predicted octanol–water partition coefficient (Wildman–Crippen LogP) is 6.30. The summed E-state index contributed by atoms with van der Waals surface area (Å²) in [7, 11) is 0. The van der Waals surface area contributed by atoms with Crippen molar-refractivity contribution in [2.75, 3.05) is 18.0 Å². The minimum Gasteiger partial charge on any atom is -0.476 e. The Bertz CT molecular complexity index is 1170. The molecule has 6 nitrogen and oxygen atoms in total. The standard InChI is InChI=1S/C26H32N4O2S/c1-3-4-5-6-7-9-12-20-16-21(18-30-19(2)15-22(28-30)25(31)32)24-23(17-20)33-26(27-24)29-13-10-8-11-14-29/h8-10,12,15-17H,3-7,11,13-14,18H2,1-2H3,(H,31,32)/b12-9+. The van der Waals surface area contributed by atoms with E-state index >= 15 is 0 Å². The molecule has 0 radical (unpaired) electrons. The third-order valence-corrected chi connectivity index (χ3v) is 7.03. The summed E-state index contributed by atoms with van der Waals surface area (Å²) in [5, 5.41) is 14.7. The number of nitrogens with zero attached hydrogens (tertiary/aromatic N) is 4. The van der Waals surface area contributed by atoms with E-state index in [4.69, 9.17) is 4.98 Å². The summed E-state index contributed by atoms with van der Waals surface area (Å²) in [6.07, 6.45) is 16.1. The quantitative estimate of drug-likeness (QED) is 0.282. The number of thiazole rings is 1. The molecular formula is C26H32N4O2S. The SMILES string of the molecule is CCCCCC/C=C/c1cc(Cn2nc(C(=O)O)cc2C)c2nc(N3CC=CCC3)sc2c1. The normalized spacial score (nSPS) is 14.1. The molecule has 0 bridgehead atoms. The number of aromatic nitrogens is 3. The predicted molar refractivity (Wildman–Crippen MR) is 136 cm³/mol. The summed E-state index contributed by atoms with van der Waals surface area (Å²) in [5.41, 5.74) is 4.11. The van der Waals surface area contributed by atoms with Crippen LogP contribution in [0.15, 0.2) is 36.4 Å². The van der Waals surface area contributed by atoms with E-state index in [1.807, 2.05) is 6.92 Å². The van der Waals surface area contributed by atoms with Gasteiger partial charge in [0, 0.05) is 24.3 Å². The largest absolute Gasteiger partial charge is 0.476 e. The Morgan fingerprint density at radius 3 is 2.82 bits per heavy atom. The van der Waals surface area contributed by atoms with Crippen LogP contribution in [0.4, 0.5) is 5.13 Å². The van der Waals surface area contributed by atoms with E-state index in [0.29, 0.717) is 6.54 Å². The number of carbonyl (C=O) groups is 1. The lowest BCUT2D eigenvalue weighted by Crippen LogP contribution is -2.26. The summed E-state index contributed by atoms with van der Waals surface area (Å²) in [5.74, 6) is -1.00. The van der Waals surface area contributed by atoms with Gasteiger partial charge >= 0.3 is 5.97 Å². The number of carboxylic acid groups (broad SMARTS) is 1. The molecule has 0 spiro atoms. The molecule has 1 aliphatic heterocycles. The van der Waals surface area contributed by atoms with Crippen LogP contribution in [0.25, 0.3) is 16.3 Å². The van der Waals surface area contributed by atoms with Crippen molar-refractivity contribution in [1.82, 2.24) is 14.8 Å². The molecule has 0 saturated heterocycles. The molecule has 7 heteroatoms. The Morgan fingerprint density at radius 1 is 1.21 bits per heavy atom. The molecule has 0 unspecified atom stereocenters. The Balaban J connectivity index is 1.65. The summed E-state index contributed by atoms with van der Waals surface area (Å²) in [6, 6.07) is 6.01. The number of unbranched alkanes of at least 4 members (excludes halogenated alkanes) is 4. The molecule has 0 amide bonds. The Labute approximate surface area is 199 Å². The number of carboxylic acids is 1. The van der Waals surface area contributed by atoms with E-state index in [9.17, 15) is 9.90 Å². The smallest absolute Gasteiger partial charge is 0.356 e. The summed E-state index contributed by atoms with van der Waals surface area (Å²) in [6.45, 7) is 6.49. The maximum absolute atomic E-state index is 11.4. The highest BCUT2D eigenvalue weighted by Gasteiger charge is 2.17. The Kier molecular flexibility index (Phi) is 7.60. The van der Waals surface area contributed by atoms with Crippen LogP contribution in [-0.2, 0) is 6.54 Å². The van der Waals surface area contributed by atoms with Crippen molar-refractivity contribution in [3.05, 3.63) is 58.9 Å². The highest BCUT2D eigenvalue weighted by molar-refractivity contribution is 7.22. The van der Waals surface area contributed by atoms with Crippen molar-refractivity contribution in [2.24, 2.45) is 0 Å². The summed E-state index contributed by atoms with van der Waals surface area (Å²) < 4.78 is 2.92. The van der Waals surface area contributed by atoms with Crippen molar-refractivity contribution in [1.29, 1.82) is 0 Å². The van der Waals surface area contributed by atoms with Gasteiger partial charge in [-0.25, -0.2) is 9.78 Å². The lowest BCUT2D eigenvalue weighted by molar-refractivity contribution is 0.0689. The molecule has 174 valence electrons. The van der Waals surface area contributed by atoms with E-state index in [1.165, 1.54) is 25.7 Å². The van der Waals surface area contributed by atoms with Crippen molar-refractivity contribution >= 4 is 38.7 Å². The molecule has 3 aromatic rings. The number of hydrogen-bond donors (Lipinski definition) is 1. The molecular weight excluding hydrogens is 432 g/mol.